The lowest BCUT2D eigenvalue weighted by Gasteiger charge is -1.88. The maximum atomic E-state index is 2.35. The first-order chi connectivity index (χ1) is 4.41. The molecule has 0 N–H and O–H groups in total. The Morgan fingerprint density at radius 3 is 2.56 bits per heavy atom. The van der Waals surface area contributed by atoms with Gasteiger partial charge in [0.1, 0.15) is 0 Å². The molecule has 0 radical (unpaired) electrons. The third-order valence-corrected chi connectivity index (χ3v) is 3.33. The lowest BCUT2D eigenvalue weighted by atomic mass is 10.4. The van der Waals surface area contributed by atoms with E-state index in [-0.39, 0.29) is 0 Å². The number of hydrogen-bond acceptors (Lipinski definition) is 0. The SMILES string of the molecule is CCC=CC[SiH2]CCC. The summed E-state index contributed by atoms with van der Waals surface area (Å²) < 4.78 is 0. The Morgan fingerprint density at radius 1 is 1.22 bits per heavy atom. The standard InChI is InChI=1S/C8H18Si/c1-3-5-6-8-9-7-4-2/h5-6H,3-4,7-9H2,1-2H3. The van der Waals surface area contributed by atoms with E-state index in [9.17, 15) is 0 Å². The summed E-state index contributed by atoms with van der Waals surface area (Å²) in [5.41, 5.74) is 0. The van der Waals surface area contributed by atoms with Crippen LogP contribution in [0, 0.1) is 0 Å². The van der Waals surface area contributed by atoms with Crippen molar-refractivity contribution in [1.29, 1.82) is 0 Å². The molecule has 0 aromatic carbocycles. The molecule has 0 aliphatic rings. The molecule has 0 aliphatic carbocycles. The molecule has 0 saturated carbocycles. The molecular weight excluding hydrogens is 124 g/mol. The summed E-state index contributed by atoms with van der Waals surface area (Å²) in [6, 6.07) is 2.94. The maximum Gasteiger partial charge on any atom is 0.0239 e. The van der Waals surface area contributed by atoms with Gasteiger partial charge in [0.2, 0.25) is 0 Å². The van der Waals surface area contributed by atoms with Crippen LogP contribution in [0.4, 0.5) is 0 Å². The molecule has 0 atom stereocenters. The van der Waals surface area contributed by atoms with E-state index in [1.165, 1.54) is 24.9 Å². The quantitative estimate of drug-likeness (QED) is 0.314. The number of hydrogen-bond donors (Lipinski definition) is 0. The predicted molar refractivity (Wildman–Crippen MR) is 47.9 cm³/mol. The van der Waals surface area contributed by atoms with Crippen LogP contribution in [-0.2, 0) is 0 Å². The van der Waals surface area contributed by atoms with Crippen molar-refractivity contribution < 1.29 is 0 Å². The fraction of sp³-hybridized carbons (Fsp3) is 0.750. The van der Waals surface area contributed by atoms with E-state index in [2.05, 4.69) is 26.0 Å². The third kappa shape index (κ3) is 7.96. The first kappa shape index (κ1) is 8.96. The Bertz CT molecular complexity index is 67.0. The van der Waals surface area contributed by atoms with Crippen LogP contribution in [0.2, 0.25) is 12.1 Å². The van der Waals surface area contributed by atoms with Gasteiger partial charge in [0.05, 0.1) is 0 Å². The fourth-order valence-electron chi connectivity index (χ4n) is 0.797. The molecule has 0 nitrogen and oxygen atoms in total. The van der Waals surface area contributed by atoms with Crippen molar-refractivity contribution in [1.82, 2.24) is 0 Å². The monoisotopic (exact) mass is 142 g/mol. The highest BCUT2D eigenvalue weighted by Crippen LogP contribution is 1.92. The molecule has 0 aromatic heterocycles. The van der Waals surface area contributed by atoms with Gasteiger partial charge >= 0.3 is 0 Å². The zero-order chi connectivity index (χ0) is 6.95. The highest BCUT2D eigenvalue weighted by Gasteiger charge is 1.80. The molecule has 9 heavy (non-hydrogen) atoms. The topological polar surface area (TPSA) is 0 Å². The van der Waals surface area contributed by atoms with Crippen LogP contribution in [0.5, 0.6) is 0 Å². The maximum absolute atomic E-state index is 2.35. The summed E-state index contributed by atoms with van der Waals surface area (Å²) in [6.45, 7) is 4.47. The van der Waals surface area contributed by atoms with Gasteiger partial charge in [-0.25, -0.2) is 0 Å². The normalized spacial score (nSPS) is 12.2. The molecule has 0 aromatic rings. The zero-order valence-corrected chi connectivity index (χ0v) is 8.10. The van der Waals surface area contributed by atoms with Gasteiger partial charge < -0.3 is 0 Å². The van der Waals surface area contributed by atoms with Crippen LogP contribution in [0.25, 0.3) is 0 Å². The molecular formula is C8H18Si. The van der Waals surface area contributed by atoms with E-state index in [4.69, 9.17) is 0 Å². The molecule has 1 heteroatoms. The summed E-state index contributed by atoms with van der Waals surface area (Å²) in [7, 11) is 0.304. The van der Waals surface area contributed by atoms with E-state index in [1.54, 1.807) is 0 Å². The van der Waals surface area contributed by atoms with Crippen molar-refractivity contribution in [3.05, 3.63) is 12.2 Å². The van der Waals surface area contributed by atoms with Crippen LogP contribution < -0.4 is 0 Å². The molecule has 0 fully saturated rings. The van der Waals surface area contributed by atoms with Gasteiger partial charge in [0.15, 0.2) is 0 Å². The molecule has 0 amide bonds. The predicted octanol–water partition coefficient (Wildman–Crippen LogP) is 2.37. The molecule has 0 rings (SSSR count). The number of rotatable bonds is 5. The smallest absolute Gasteiger partial charge is 0.0239 e. The second kappa shape index (κ2) is 7.96. The highest BCUT2D eigenvalue weighted by atomic mass is 28.2. The van der Waals surface area contributed by atoms with Crippen molar-refractivity contribution in [2.45, 2.75) is 38.8 Å². The van der Waals surface area contributed by atoms with Gasteiger partial charge in [-0.05, 0) is 12.5 Å². The van der Waals surface area contributed by atoms with Gasteiger partial charge in [0, 0.05) is 9.52 Å². The van der Waals surface area contributed by atoms with Crippen LogP contribution in [0.3, 0.4) is 0 Å². The van der Waals surface area contributed by atoms with Crippen LogP contribution in [0.1, 0.15) is 26.7 Å². The minimum atomic E-state index is 0.304. The third-order valence-electron chi connectivity index (χ3n) is 1.38. The second-order valence-electron chi connectivity index (χ2n) is 2.38. The molecule has 0 heterocycles. The summed E-state index contributed by atoms with van der Waals surface area (Å²) >= 11 is 0. The van der Waals surface area contributed by atoms with Gasteiger partial charge in [-0.15, -0.1) is 0 Å². The van der Waals surface area contributed by atoms with Gasteiger partial charge in [-0.3, -0.25) is 0 Å². The van der Waals surface area contributed by atoms with Crippen LogP contribution in [-0.4, -0.2) is 9.52 Å². The van der Waals surface area contributed by atoms with Gasteiger partial charge in [-0.1, -0.05) is 38.5 Å². The van der Waals surface area contributed by atoms with E-state index in [0.29, 0.717) is 9.52 Å². The van der Waals surface area contributed by atoms with Crippen molar-refractivity contribution in [3.63, 3.8) is 0 Å². The Morgan fingerprint density at radius 2 is 2.00 bits per heavy atom. The average Bonchev–Trinajstić information content (AvgIpc) is 1.89. The van der Waals surface area contributed by atoms with Gasteiger partial charge in [-0.2, -0.15) is 0 Å². The minimum absolute atomic E-state index is 0.304. The summed E-state index contributed by atoms with van der Waals surface area (Å²) in [4.78, 5) is 0. The van der Waals surface area contributed by atoms with Crippen molar-refractivity contribution in [2.75, 3.05) is 0 Å². The Hall–Kier alpha value is -0.0431. The Balaban J connectivity index is 2.82. The van der Waals surface area contributed by atoms with Gasteiger partial charge in [0.25, 0.3) is 0 Å². The molecule has 0 aliphatic heterocycles. The van der Waals surface area contributed by atoms with E-state index in [1.807, 2.05) is 0 Å². The molecule has 0 spiro atoms. The second-order valence-corrected chi connectivity index (χ2v) is 4.37. The zero-order valence-electron chi connectivity index (χ0n) is 6.69. The van der Waals surface area contributed by atoms with Crippen molar-refractivity contribution >= 4 is 9.52 Å². The Kier molecular flexibility index (Phi) is 7.92. The fourth-order valence-corrected chi connectivity index (χ4v) is 2.06. The molecule has 0 saturated heterocycles. The number of allylic oxidation sites excluding steroid dienone is 2. The lowest BCUT2D eigenvalue weighted by Crippen LogP contribution is -1.82. The van der Waals surface area contributed by atoms with Crippen LogP contribution >= 0.6 is 0 Å². The van der Waals surface area contributed by atoms with E-state index >= 15 is 0 Å². The summed E-state index contributed by atoms with van der Waals surface area (Å²) in [5.74, 6) is 0. The largest absolute Gasteiger partial charge is 0.0918 e. The lowest BCUT2D eigenvalue weighted by molar-refractivity contribution is 1.07. The summed E-state index contributed by atoms with van der Waals surface area (Å²) in [6.07, 6.45) is 7.23. The van der Waals surface area contributed by atoms with E-state index < -0.39 is 0 Å². The first-order valence-corrected chi connectivity index (χ1v) is 6.06. The summed E-state index contributed by atoms with van der Waals surface area (Å²) in [5, 5.41) is 0. The van der Waals surface area contributed by atoms with E-state index in [0.717, 1.165) is 0 Å². The molecule has 54 valence electrons. The highest BCUT2D eigenvalue weighted by molar-refractivity contribution is 6.35. The Labute approximate surface area is 61.2 Å². The molecule has 0 bridgehead atoms. The van der Waals surface area contributed by atoms with Crippen molar-refractivity contribution in [2.24, 2.45) is 0 Å². The average molecular weight is 142 g/mol. The molecule has 0 unspecified atom stereocenters. The van der Waals surface area contributed by atoms with Crippen molar-refractivity contribution in [3.8, 4) is 0 Å². The first-order valence-electron chi connectivity index (χ1n) is 4.06. The van der Waals surface area contributed by atoms with Crippen LogP contribution in [0.15, 0.2) is 12.2 Å². The minimum Gasteiger partial charge on any atom is -0.0918 e.